The lowest BCUT2D eigenvalue weighted by Gasteiger charge is -2.43. The molecule has 0 saturated carbocycles. The minimum absolute atomic E-state index is 0.0844. The van der Waals surface area contributed by atoms with Crippen LogP contribution in [0.1, 0.15) is 6.42 Å². The first-order valence-corrected chi connectivity index (χ1v) is 12.7. The van der Waals surface area contributed by atoms with Crippen LogP contribution in [0.3, 0.4) is 0 Å². The van der Waals surface area contributed by atoms with Gasteiger partial charge in [0.15, 0.2) is 0 Å². The molecule has 25 heavy (non-hydrogen) atoms. The number of amides is 1. The number of likely N-dealkylation sites (N-methyl/N-ethyl adjacent to an activating group) is 1. The molecule has 0 aromatic heterocycles. The summed E-state index contributed by atoms with van der Waals surface area (Å²) in [7, 11) is 0.239. The first-order valence-electron chi connectivity index (χ1n) is 9.09. The van der Waals surface area contributed by atoms with Crippen LogP contribution in [0.5, 0.6) is 0 Å². The van der Waals surface area contributed by atoms with Crippen LogP contribution in [0.2, 0.25) is 25.2 Å². The van der Waals surface area contributed by atoms with Crippen molar-refractivity contribution >= 4 is 25.9 Å². The van der Waals surface area contributed by atoms with Crippen LogP contribution in [-0.4, -0.2) is 56.6 Å². The van der Waals surface area contributed by atoms with Crippen molar-refractivity contribution in [3.63, 3.8) is 0 Å². The summed E-state index contributed by atoms with van der Waals surface area (Å²) in [6.45, 7) is 7.54. The van der Waals surface area contributed by atoms with Gasteiger partial charge in [-0.05, 0) is 23.5 Å². The molecular weight excluding hydrogens is 338 g/mol. The maximum absolute atomic E-state index is 12.8. The quantitative estimate of drug-likeness (QED) is 0.399. The number of fused-ring (bicyclic) bond motifs is 9. The first kappa shape index (κ1) is 15.8. The number of rotatable bonds is 1. The van der Waals surface area contributed by atoms with Gasteiger partial charge in [-0.3, -0.25) is 14.4 Å². The van der Waals surface area contributed by atoms with Crippen LogP contribution in [0, 0.1) is 23.7 Å². The first-order chi connectivity index (χ1) is 11.7. The Morgan fingerprint density at radius 3 is 2.28 bits per heavy atom. The normalized spacial score (nSPS) is 45.0. The lowest BCUT2D eigenvalue weighted by atomic mass is 9.62. The van der Waals surface area contributed by atoms with Gasteiger partial charge in [0.25, 0.3) is 0 Å². The van der Waals surface area contributed by atoms with Gasteiger partial charge in [-0.25, -0.2) is 0 Å². The Morgan fingerprint density at radius 2 is 1.64 bits per heavy atom. The molecule has 134 valence electrons. The monoisotopic (exact) mass is 361 g/mol. The maximum atomic E-state index is 12.8. The molecule has 6 nitrogen and oxygen atoms in total. The third-order valence-electron chi connectivity index (χ3n) is 7.03. The summed E-state index contributed by atoms with van der Waals surface area (Å²) in [4.78, 5) is 39.0. The number of carbonyl (C=O) groups excluding carboxylic acids is 3. The summed E-state index contributed by atoms with van der Waals surface area (Å²) < 4.78 is 11.1. The second-order valence-electron chi connectivity index (χ2n) is 9.30. The molecule has 4 aliphatic heterocycles. The van der Waals surface area contributed by atoms with Crippen LogP contribution in [-0.2, 0) is 23.9 Å². The zero-order valence-electron chi connectivity index (χ0n) is 14.9. The van der Waals surface area contributed by atoms with Crippen LogP contribution < -0.4 is 0 Å². The molecule has 2 unspecified atom stereocenters. The average molecular weight is 361 g/mol. The lowest BCUT2D eigenvalue weighted by molar-refractivity contribution is -0.157. The summed E-state index contributed by atoms with van der Waals surface area (Å²) in [5.41, 5.74) is 2.46. The maximum Gasteiger partial charge on any atom is 0.320 e. The smallest absolute Gasteiger partial charge is 0.320 e. The SMILES string of the molecule is CN1CC2=C(C1=O)[C@@H]([Si](C)(C)C)CC1C2[C@@H]2O[C@H]1[C@H]1C(=O)OC(=O)[C@H]12. The van der Waals surface area contributed by atoms with Crippen molar-refractivity contribution in [2.45, 2.75) is 43.8 Å². The van der Waals surface area contributed by atoms with E-state index in [1.165, 1.54) is 5.57 Å². The molecule has 1 amide bonds. The molecule has 2 bridgehead atoms. The van der Waals surface area contributed by atoms with Crippen molar-refractivity contribution in [1.82, 2.24) is 4.90 Å². The van der Waals surface area contributed by atoms with Crippen molar-refractivity contribution in [1.29, 1.82) is 0 Å². The molecule has 5 rings (SSSR count). The van der Waals surface area contributed by atoms with Gasteiger partial charge in [-0.2, -0.15) is 0 Å². The molecule has 1 aliphatic carbocycles. The van der Waals surface area contributed by atoms with Crippen LogP contribution in [0.15, 0.2) is 11.1 Å². The van der Waals surface area contributed by atoms with Crippen molar-refractivity contribution in [3.8, 4) is 0 Å². The van der Waals surface area contributed by atoms with Crippen LogP contribution >= 0.6 is 0 Å². The molecule has 4 heterocycles. The highest BCUT2D eigenvalue weighted by molar-refractivity contribution is 6.78. The number of hydrogen-bond acceptors (Lipinski definition) is 5. The Bertz CT molecular complexity index is 753. The number of ether oxygens (including phenoxy) is 2. The predicted octanol–water partition coefficient (Wildman–Crippen LogP) is 1.20. The number of hydrogen-bond donors (Lipinski definition) is 0. The molecule has 0 spiro atoms. The Kier molecular flexibility index (Phi) is 2.91. The van der Waals surface area contributed by atoms with E-state index in [1.807, 2.05) is 7.05 Å². The summed E-state index contributed by atoms with van der Waals surface area (Å²) in [5, 5.41) is 0. The van der Waals surface area contributed by atoms with Crippen molar-refractivity contribution in [2.75, 3.05) is 13.6 Å². The Balaban J connectivity index is 1.63. The number of esters is 2. The molecule has 0 radical (unpaired) electrons. The molecule has 5 aliphatic rings. The van der Waals surface area contributed by atoms with E-state index in [0.717, 1.165) is 12.0 Å². The van der Waals surface area contributed by atoms with Gasteiger partial charge in [0.1, 0.15) is 0 Å². The Morgan fingerprint density at radius 1 is 1.00 bits per heavy atom. The van der Waals surface area contributed by atoms with Crippen molar-refractivity contribution in [3.05, 3.63) is 11.1 Å². The van der Waals surface area contributed by atoms with E-state index in [0.29, 0.717) is 6.54 Å². The second kappa shape index (κ2) is 4.62. The largest absolute Gasteiger partial charge is 0.393 e. The minimum atomic E-state index is -1.61. The lowest BCUT2D eigenvalue weighted by Crippen LogP contribution is -2.47. The van der Waals surface area contributed by atoms with E-state index in [-0.39, 0.29) is 35.5 Å². The average Bonchev–Trinajstić information content (AvgIpc) is 3.21. The topological polar surface area (TPSA) is 72.9 Å². The molecule has 3 saturated heterocycles. The van der Waals surface area contributed by atoms with Crippen molar-refractivity contribution < 1.29 is 23.9 Å². The van der Waals surface area contributed by atoms with Gasteiger partial charge < -0.3 is 14.4 Å². The van der Waals surface area contributed by atoms with E-state index >= 15 is 0 Å². The van der Waals surface area contributed by atoms with Gasteiger partial charge in [0.05, 0.1) is 32.1 Å². The van der Waals surface area contributed by atoms with Gasteiger partial charge in [-0.1, -0.05) is 19.6 Å². The fourth-order valence-electron chi connectivity index (χ4n) is 6.01. The van der Waals surface area contributed by atoms with Crippen molar-refractivity contribution in [2.24, 2.45) is 23.7 Å². The summed E-state index contributed by atoms with van der Waals surface area (Å²) >= 11 is 0. The highest BCUT2D eigenvalue weighted by Gasteiger charge is 2.70. The minimum Gasteiger partial charge on any atom is -0.393 e. The van der Waals surface area contributed by atoms with Gasteiger partial charge in [-0.15, -0.1) is 0 Å². The fraction of sp³-hybridized carbons (Fsp3) is 0.722. The fourth-order valence-corrected chi connectivity index (χ4v) is 8.16. The third-order valence-corrected chi connectivity index (χ3v) is 9.64. The Labute approximate surface area is 147 Å². The summed E-state index contributed by atoms with van der Waals surface area (Å²) in [6.07, 6.45) is 0.365. The highest BCUT2D eigenvalue weighted by Crippen LogP contribution is 2.62. The predicted molar refractivity (Wildman–Crippen MR) is 90.1 cm³/mol. The van der Waals surface area contributed by atoms with E-state index in [2.05, 4.69) is 19.6 Å². The van der Waals surface area contributed by atoms with E-state index in [9.17, 15) is 14.4 Å². The number of nitrogens with zero attached hydrogens (tertiary/aromatic N) is 1. The van der Waals surface area contributed by atoms with Crippen LogP contribution in [0.25, 0.3) is 0 Å². The second-order valence-corrected chi connectivity index (χ2v) is 14.7. The number of cyclic esters (lactones) is 2. The van der Waals surface area contributed by atoms with Gasteiger partial charge >= 0.3 is 11.9 Å². The molecule has 0 N–H and O–H groups in total. The molecule has 0 aromatic rings. The zero-order chi connectivity index (χ0) is 17.8. The molecule has 7 heteroatoms. The molecule has 0 aromatic carbocycles. The molecular formula is C18H23NO5Si. The van der Waals surface area contributed by atoms with E-state index in [1.54, 1.807) is 4.90 Å². The van der Waals surface area contributed by atoms with Gasteiger partial charge in [0, 0.05) is 25.1 Å². The zero-order valence-corrected chi connectivity index (χ0v) is 15.9. The summed E-state index contributed by atoms with van der Waals surface area (Å²) in [5.74, 6) is -1.31. The van der Waals surface area contributed by atoms with Gasteiger partial charge in [0.2, 0.25) is 5.91 Å². The van der Waals surface area contributed by atoms with E-state index < -0.39 is 31.8 Å². The Hall–Kier alpha value is -1.47. The standard InChI is InChI=1S/C18H23NO5Si/c1-19-6-8-10-7(5-9(25(2,3)4)11(8)16(19)20)14-12-13(15(10)23-14)18(22)24-17(12)21/h7,9-10,12-15H,5-6H2,1-4H3/t7?,9-,10?,12-,13+,14+,15-/m0/s1. The van der Waals surface area contributed by atoms with E-state index in [4.69, 9.17) is 9.47 Å². The van der Waals surface area contributed by atoms with Crippen LogP contribution in [0.4, 0.5) is 0 Å². The third kappa shape index (κ3) is 1.80. The highest BCUT2D eigenvalue weighted by atomic mass is 28.3. The molecule has 7 atom stereocenters. The molecule has 3 fully saturated rings. The number of carbonyl (C=O) groups is 3. The summed E-state index contributed by atoms with van der Waals surface area (Å²) in [6, 6.07) is 0.